The van der Waals surface area contributed by atoms with E-state index >= 15 is 0 Å². The van der Waals surface area contributed by atoms with Gasteiger partial charge in [0.2, 0.25) is 5.91 Å². The molecule has 2 aromatic heterocycles. The first kappa shape index (κ1) is 16.6. The smallest absolute Gasteiger partial charge is 0.293 e. The van der Waals surface area contributed by atoms with Crippen LogP contribution in [-0.4, -0.2) is 44.0 Å². The number of nitrogens with one attached hydrogen (secondary N) is 1. The van der Waals surface area contributed by atoms with E-state index in [1.165, 1.54) is 5.57 Å². The number of nitrogens with zero attached hydrogens (tertiary/aromatic N) is 3. The molecule has 132 valence electrons. The van der Waals surface area contributed by atoms with Crippen LogP contribution >= 0.6 is 11.6 Å². The molecule has 0 fully saturated rings. The van der Waals surface area contributed by atoms with Gasteiger partial charge in [-0.3, -0.25) is 4.79 Å². The molecule has 1 aromatic carbocycles. The van der Waals surface area contributed by atoms with Crippen LogP contribution in [0.25, 0.3) is 28.0 Å². The molecule has 3 heterocycles. The highest BCUT2D eigenvalue weighted by molar-refractivity contribution is 6.33. The van der Waals surface area contributed by atoms with E-state index in [-0.39, 0.29) is 11.9 Å². The molecule has 0 aliphatic carbocycles. The molecule has 0 unspecified atom stereocenters. The Morgan fingerprint density at radius 3 is 2.62 bits per heavy atom. The quantitative estimate of drug-likeness (QED) is 0.723. The van der Waals surface area contributed by atoms with E-state index in [2.05, 4.69) is 21.0 Å². The third kappa shape index (κ3) is 3.04. The van der Waals surface area contributed by atoms with Gasteiger partial charge in [0.15, 0.2) is 5.65 Å². The van der Waals surface area contributed by atoms with Crippen molar-refractivity contribution in [2.24, 2.45) is 0 Å². The molecule has 0 bridgehead atoms. The number of imidazole rings is 1. The fourth-order valence-electron chi connectivity index (χ4n) is 3.17. The predicted octanol–water partition coefficient (Wildman–Crippen LogP) is 3.62. The summed E-state index contributed by atoms with van der Waals surface area (Å²) in [7, 11) is 0. The Labute approximate surface area is 155 Å². The van der Waals surface area contributed by atoms with Crippen molar-refractivity contribution < 1.29 is 9.90 Å². The summed E-state index contributed by atoms with van der Waals surface area (Å²) in [5, 5.41) is 9.95. The average molecular weight is 369 g/mol. The van der Waals surface area contributed by atoms with Crippen molar-refractivity contribution in [3.63, 3.8) is 0 Å². The van der Waals surface area contributed by atoms with Gasteiger partial charge in [0, 0.05) is 25.6 Å². The lowest BCUT2D eigenvalue weighted by Gasteiger charge is -2.25. The Morgan fingerprint density at radius 2 is 1.96 bits per heavy atom. The van der Waals surface area contributed by atoms with Crippen LogP contribution in [0.1, 0.15) is 18.9 Å². The van der Waals surface area contributed by atoms with Crippen LogP contribution < -0.4 is 0 Å². The van der Waals surface area contributed by atoms with Gasteiger partial charge in [0.1, 0.15) is 0 Å². The Morgan fingerprint density at radius 1 is 1.23 bits per heavy atom. The Balaban J connectivity index is 1.62. The fourth-order valence-corrected chi connectivity index (χ4v) is 3.43. The van der Waals surface area contributed by atoms with Gasteiger partial charge in [-0.2, -0.15) is 4.98 Å². The Kier molecular flexibility index (Phi) is 4.12. The first-order valence-electron chi connectivity index (χ1n) is 8.32. The summed E-state index contributed by atoms with van der Waals surface area (Å²) < 4.78 is 0. The van der Waals surface area contributed by atoms with Crippen LogP contribution in [0.4, 0.5) is 0 Å². The van der Waals surface area contributed by atoms with Crippen LogP contribution in [0.3, 0.4) is 0 Å². The maximum Gasteiger partial charge on any atom is 0.293 e. The normalized spacial score (nSPS) is 14.5. The highest BCUT2D eigenvalue weighted by atomic mass is 35.5. The number of carbonyl (C=O) groups excluding carboxylic acids is 1. The number of H-pyrrole nitrogens is 1. The van der Waals surface area contributed by atoms with Crippen LogP contribution in [0.15, 0.2) is 36.4 Å². The molecule has 1 amide bonds. The molecule has 6 nitrogen and oxygen atoms in total. The average Bonchev–Trinajstić information content (AvgIpc) is 3.00. The zero-order valence-electron chi connectivity index (χ0n) is 14.2. The molecule has 0 spiro atoms. The highest BCUT2D eigenvalue weighted by Crippen LogP contribution is 2.31. The molecule has 0 atom stereocenters. The van der Waals surface area contributed by atoms with Gasteiger partial charge >= 0.3 is 0 Å². The SMILES string of the molecule is CC(=O)N1CC=C(c2ccc(-c3nc4nc(O)[nH]c4cc3Cl)cc2)CC1. The third-order valence-electron chi connectivity index (χ3n) is 4.60. The summed E-state index contributed by atoms with van der Waals surface area (Å²) in [5.74, 6) is 0.108. The molecular formula is C19H17ClN4O2. The minimum atomic E-state index is -0.181. The van der Waals surface area contributed by atoms with Crippen molar-refractivity contribution in [1.82, 2.24) is 19.9 Å². The van der Waals surface area contributed by atoms with E-state index in [1.54, 1.807) is 13.0 Å². The lowest BCUT2D eigenvalue weighted by atomic mass is 9.97. The minimum absolute atomic E-state index is 0.108. The Hall–Kier alpha value is -2.86. The summed E-state index contributed by atoms with van der Waals surface area (Å²) in [5.41, 5.74) is 4.88. The zero-order valence-corrected chi connectivity index (χ0v) is 14.9. The van der Waals surface area contributed by atoms with E-state index < -0.39 is 0 Å². The topological polar surface area (TPSA) is 82.1 Å². The zero-order chi connectivity index (χ0) is 18.3. The number of hydrogen-bond acceptors (Lipinski definition) is 4. The van der Waals surface area contributed by atoms with Gasteiger partial charge in [0.25, 0.3) is 6.01 Å². The summed E-state index contributed by atoms with van der Waals surface area (Å²) in [6, 6.07) is 9.55. The predicted molar refractivity (Wildman–Crippen MR) is 101 cm³/mol. The van der Waals surface area contributed by atoms with E-state index in [0.717, 1.165) is 24.1 Å². The van der Waals surface area contributed by atoms with Crippen LogP contribution in [0, 0.1) is 0 Å². The molecule has 7 heteroatoms. The maximum atomic E-state index is 11.4. The van der Waals surface area contributed by atoms with Gasteiger partial charge in [-0.1, -0.05) is 41.9 Å². The van der Waals surface area contributed by atoms with Gasteiger partial charge in [-0.05, 0) is 23.6 Å². The summed E-state index contributed by atoms with van der Waals surface area (Å²) in [6.45, 7) is 3.00. The van der Waals surface area contributed by atoms with Crippen molar-refractivity contribution in [2.45, 2.75) is 13.3 Å². The number of aromatic amines is 1. The molecule has 0 saturated heterocycles. The van der Waals surface area contributed by atoms with E-state index in [9.17, 15) is 9.90 Å². The van der Waals surface area contributed by atoms with Crippen molar-refractivity contribution in [1.29, 1.82) is 0 Å². The van der Waals surface area contributed by atoms with Crippen LogP contribution in [0.5, 0.6) is 6.01 Å². The molecule has 1 aliphatic heterocycles. The largest absolute Gasteiger partial charge is 0.480 e. The number of amides is 1. The highest BCUT2D eigenvalue weighted by Gasteiger charge is 2.15. The second kappa shape index (κ2) is 6.46. The first-order chi connectivity index (χ1) is 12.5. The number of fused-ring (bicyclic) bond motifs is 1. The second-order valence-electron chi connectivity index (χ2n) is 6.27. The van der Waals surface area contributed by atoms with Crippen molar-refractivity contribution in [3.8, 4) is 17.3 Å². The molecule has 3 aromatic rings. The van der Waals surface area contributed by atoms with E-state index in [0.29, 0.717) is 28.4 Å². The molecule has 0 saturated carbocycles. The van der Waals surface area contributed by atoms with Gasteiger partial charge in [-0.25, -0.2) is 4.98 Å². The number of aromatic nitrogens is 3. The van der Waals surface area contributed by atoms with Crippen molar-refractivity contribution in [2.75, 3.05) is 13.1 Å². The molecule has 4 rings (SSSR count). The molecule has 2 N–H and O–H groups in total. The summed E-state index contributed by atoms with van der Waals surface area (Å²) >= 11 is 6.34. The van der Waals surface area contributed by atoms with E-state index in [1.807, 2.05) is 29.2 Å². The number of rotatable bonds is 2. The fraction of sp³-hybridized carbons (Fsp3) is 0.211. The third-order valence-corrected chi connectivity index (χ3v) is 4.89. The van der Waals surface area contributed by atoms with Crippen LogP contribution in [-0.2, 0) is 4.79 Å². The standard InChI is InChI=1S/C19H17ClN4O2/c1-11(25)24-8-6-13(7-9-24)12-2-4-14(5-3-12)17-15(20)10-16-18(22-17)23-19(26)21-16/h2-6,10H,7-9H2,1H3,(H2,21,22,23,26). The lowest BCUT2D eigenvalue weighted by Crippen LogP contribution is -2.32. The summed E-state index contributed by atoms with van der Waals surface area (Å²) in [4.78, 5) is 24.3. The minimum Gasteiger partial charge on any atom is -0.480 e. The monoisotopic (exact) mass is 368 g/mol. The number of halogens is 1. The summed E-state index contributed by atoms with van der Waals surface area (Å²) in [6.07, 6.45) is 2.94. The van der Waals surface area contributed by atoms with Crippen molar-refractivity contribution >= 4 is 34.2 Å². The van der Waals surface area contributed by atoms with Crippen molar-refractivity contribution in [3.05, 3.63) is 47.0 Å². The molecule has 1 aliphatic rings. The lowest BCUT2D eigenvalue weighted by molar-refractivity contribution is -0.128. The number of pyridine rings is 1. The molecule has 0 radical (unpaired) electrons. The van der Waals surface area contributed by atoms with Gasteiger partial charge in [0.05, 0.1) is 16.2 Å². The van der Waals surface area contributed by atoms with E-state index in [4.69, 9.17) is 11.6 Å². The maximum absolute atomic E-state index is 11.4. The molecule has 26 heavy (non-hydrogen) atoms. The first-order valence-corrected chi connectivity index (χ1v) is 8.69. The van der Waals surface area contributed by atoms with Gasteiger partial charge in [-0.15, -0.1) is 0 Å². The Bertz CT molecular complexity index is 1020. The number of carbonyl (C=O) groups is 1. The van der Waals surface area contributed by atoms with Gasteiger partial charge < -0.3 is 15.0 Å². The number of hydrogen-bond donors (Lipinski definition) is 2. The number of benzene rings is 1. The second-order valence-corrected chi connectivity index (χ2v) is 6.68. The van der Waals surface area contributed by atoms with Crippen LogP contribution in [0.2, 0.25) is 5.02 Å². The molecular weight excluding hydrogens is 352 g/mol. The number of aromatic hydroxyl groups is 1.